The number of nitrogens with zero attached hydrogens (tertiary/aromatic N) is 4. The van der Waals surface area contributed by atoms with Crippen molar-refractivity contribution in [3.8, 4) is 0 Å². The van der Waals surface area contributed by atoms with Crippen molar-refractivity contribution >= 4 is 52.7 Å². The number of hydrogen-bond donors (Lipinski definition) is 2. The Balaban J connectivity index is 1.06. The van der Waals surface area contributed by atoms with Crippen molar-refractivity contribution in [2.45, 2.75) is 29.9 Å². The molecule has 1 aromatic carbocycles. The molecule has 2 aromatic rings. The number of carbonyl (C=O) groups is 3. The Hall–Kier alpha value is -3.38. The number of cyclic esters (lactones) is 1. The van der Waals surface area contributed by atoms with Gasteiger partial charge in [-0.1, -0.05) is 0 Å². The van der Waals surface area contributed by atoms with Gasteiger partial charge in [-0.2, -0.15) is 0 Å². The number of hydrogen-bond acceptors (Lipinski definition) is 8. The van der Waals surface area contributed by atoms with Crippen LogP contribution in [0.5, 0.6) is 0 Å². The fourth-order valence-corrected chi connectivity index (χ4v) is 5.95. The number of fused-ring (bicyclic) bond motifs is 1. The van der Waals surface area contributed by atoms with E-state index in [1.165, 1.54) is 22.7 Å². The highest BCUT2D eigenvalue weighted by Crippen LogP contribution is 2.45. The predicted molar refractivity (Wildman–Crippen MR) is 133 cm³/mol. The lowest BCUT2D eigenvalue weighted by Gasteiger charge is -2.32. The van der Waals surface area contributed by atoms with Crippen LogP contribution in [0.1, 0.15) is 24.4 Å². The van der Waals surface area contributed by atoms with Crippen LogP contribution in [-0.2, 0) is 14.3 Å². The molecule has 1 aromatic heterocycles. The van der Waals surface area contributed by atoms with Crippen molar-refractivity contribution in [1.82, 2.24) is 10.3 Å². The number of carbonyl (C=O) groups excluding carboxylic acids is 3. The first kappa shape index (κ1) is 23.0. The van der Waals surface area contributed by atoms with Crippen LogP contribution in [0.3, 0.4) is 0 Å². The Labute approximate surface area is 211 Å². The molecule has 1 fully saturated rings. The summed E-state index contributed by atoms with van der Waals surface area (Å²) in [4.78, 5) is 47.0. The Bertz CT molecular complexity index is 1280. The van der Waals surface area contributed by atoms with Gasteiger partial charge in [0.15, 0.2) is 0 Å². The maximum atomic E-state index is 14.7. The van der Waals surface area contributed by atoms with Crippen molar-refractivity contribution in [2.75, 3.05) is 59.0 Å². The van der Waals surface area contributed by atoms with Gasteiger partial charge in [0.05, 0.1) is 41.2 Å². The van der Waals surface area contributed by atoms with Gasteiger partial charge in [-0.25, -0.2) is 14.2 Å². The summed E-state index contributed by atoms with van der Waals surface area (Å²) < 4.78 is 20.3. The van der Waals surface area contributed by atoms with Crippen LogP contribution in [0.4, 0.5) is 32.2 Å². The third-order valence-electron chi connectivity index (χ3n) is 6.92. The molecule has 10 nitrogen and oxygen atoms in total. The van der Waals surface area contributed by atoms with E-state index in [1.807, 2.05) is 18.0 Å². The zero-order valence-electron chi connectivity index (χ0n) is 19.6. The molecule has 0 saturated carbocycles. The molecule has 188 valence electrons. The number of amides is 3. The average molecular weight is 513 g/mol. The highest BCUT2D eigenvalue weighted by Gasteiger charge is 2.40. The fourth-order valence-electron chi connectivity index (χ4n) is 5.20. The molecule has 4 aliphatic rings. The van der Waals surface area contributed by atoms with Gasteiger partial charge in [-0.15, -0.1) is 11.8 Å². The maximum absolute atomic E-state index is 14.7. The van der Waals surface area contributed by atoms with E-state index in [2.05, 4.69) is 15.6 Å². The summed E-state index contributed by atoms with van der Waals surface area (Å²) in [6, 6.07) is 6.50. The molecule has 12 heteroatoms. The van der Waals surface area contributed by atoms with Gasteiger partial charge < -0.3 is 25.2 Å². The van der Waals surface area contributed by atoms with E-state index >= 15 is 0 Å². The van der Waals surface area contributed by atoms with Crippen LogP contribution in [0, 0.1) is 5.82 Å². The topological polar surface area (TPSA) is 107 Å². The molecule has 0 spiro atoms. The predicted octanol–water partition coefficient (Wildman–Crippen LogP) is 2.50. The standard InChI is InChI=1S/C24H25FN6O4S/c1-29-11-20(33)31-10-15(21-14(25)4-5-16(29)22(21)31)26-8-2-3-13-9-30(24(34)35-13)18-7-6-17-23(27-18)28-19(32)12-36-17/h4-7,13,15,26H,2-3,8-12H2,1H3,(H,27,28,32)/t13-,15?/m1/s1. The first-order valence-electron chi connectivity index (χ1n) is 11.9. The minimum Gasteiger partial charge on any atom is -0.444 e. The molecule has 0 aliphatic carbocycles. The van der Waals surface area contributed by atoms with Crippen LogP contribution < -0.4 is 25.3 Å². The minimum atomic E-state index is -0.466. The first-order chi connectivity index (χ1) is 17.4. The van der Waals surface area contributed by atoms with E-state index in [1.54, 1.807) is 17.0 Å². The minimum absolute atomic E-state index is 0.0342. The summed E-state index contributed by atoms with van der Waals surface area (Å²) in [5.41, 5.74) is 2.07. The normalized spacial score (nSPS) is 22.5. The number of pyridine rings is 1. The first-order valence-corrected chi connectivity index (χ1v) is 12.9. The summed E-state index contributed by atoms with van der Waals surface area (Å²) in [5.74, 6) is 0.785. The van der Waals surface area contributed by atoms with Gasteiger partial charge in [0, 0.05) is 19.2 Å². The molecule has 2 N–H and O–H groups in total. The molecule has 5 heterocycles. The molecular formula is C24H25FN6O4S. The number of halogens is 1. The number of rotatable bonds is 6. The molecule has 1 unspecified atom stereocenters. The van der Waals surface area contributed by atoms with Crippen LogP contribution in [0.15, 0.2) is 29.2 Å². The van der Waals surface area contributed by atoms with E-state index in [0.717, 1.165) is 10.6 Å². The Kier molecular flexibility index (Phi) is 5.72. The number of likely N-dealkylation sites (N-methyl/N-ethyl adjacent to an activating group) is 1. The third-order valence-corrected chi connectivity index (χ3v) is 7.96. The number of thioether (sulfide) groups is 1. The number of anilines is 4. The van der Waals surface area contributed by atoms with E-state index in [9.17, 15) is 18.8 Å². The van der Waals surface area contributed by atoms with Crippen LogP contribution >= 0.6 is 11.8 Å². The molecule has 1 saturated heterocycles. The van der Waals surface area contributed by atoms with Crippen LogP contribution in [0.2, 0.25) is 0 Å². The van der Waals surface area contributed by atoms with E-state index < -0.39 is 6.09 Å². The second-order valence-corrected chi connectivity index (χ2v) is 10.3. The highest BCUT2D eigenvalue weighted by atomic mass is 32.2. The number of aromatic nitrogens is 1. The molecular weight excluding hydrogens is 487 g/mol. The Morgan fingerprint density at radius 2 is 2.06 bits per heavy atom. The Morgan fingerprint density at radius 1 is 1.19 bits per heavy atom. The second-order valence-electron chi connectivity index (χ2n) is 9.31. The maximum Gasteiger partial charge on any atom is 0.415 e. The molecule has 36 heavy (non-hydrogen) atoms. The van der Waals surface area contributed by atoms with Gasteiger partial charge in [0.25, 0.3) is 0 Å². The van der Waals surface area contributed by atoms with Crippen LogP contribution in [-0.4, -0.2) is 68.0 Å². The summed E-state index contributed by atoms with van der Waals surface area (Å²) in [6.45, 7) is 1.63. The molecule has 4 aliphatic heterocycles. The van der Waals surface area contributed by atoms with Gasteiger partial charge in [0.2, 0.25) is 11.8 Å². The third kappa shape index (κ3) is 3.94. The second kappa shape index (κ2) is 8.93. The molecule has 0 bridgehead atoms. The van der Waals surface area contributed by atoms with E-state index in [0.29, 0.717) is 61.1 Å². The molecule has 2 atom stereocenters. The molecule has 6 rings (SSSR count). The van der Waals surface area contributed by atoms with Crippen molar-refractivity contribution in [1.29, 1.82) is 0 Å². The fraction of sp³-hybridized carbons (Fsp3) is 0.417. The summed E-state index contributed by atoms with van der Waals surface area (Å²) >= 11 is 1.41. The van der Waals surface area contributed by atoms with Gasteiger partial charge >= 0.3 is 6.09 Å². The summed E-state index contributed by atoms with van der Waals surface area (Å²) in [7, 11) is 1.84. The number of nitrogens with one attached hydrogen (secondary N) is 2. The number of benzene rings is 1. The van der Waals surface area contributed by atoms with Gasteiger partial charge in [-0.05, 0) is 43.7 Å². The lowest BCUT2D eigenvalue weighted by atomic mass is 10.0. The summed E-state index contributed by atoms with van der Waals surface area (Å²) in [5, 5.41) is 6.13. The van der Waals surface area contributed by atoms with E-state index in [4.69, 9.17) is 4.74 Å². The monoisotopic (exact) mass is 512 g/mol. The zero-order valence-corrected chi connectivity index (χ0v) is 20.4. The SMILES string of the molecule is CN1CC(=O)N2CC(NCCC[C@@H]3CN(c4ccc5c(n4)NC(=O)CS5)C(=O)O3)c3c(F)ccc1c32. The number of ether oxygens (including phenoxy) is 1. The van der Waals surface area contributed by atoms with Crippen molar-refractivity contribution in [2.24, 2.45) is 0 Å². The quantitative estimate of drug-likeness (QED) is 0.569. The summed E-state index contributed by atoms with van der Waals surface area (Å²) in [6.07, 6.45) is 0.567. The average Bonchev–Trinajstić information content (AvgIpc) is 3.42. The lowest BCUT2D eigenvalue weighted by Crippen LogP contribution is -2.43. The van der Waals surface area contributed by atoms with Gasteiger partial charge in [-0.3, -0.25) is 14.5 Å². The highest BCUT2D eigenvalue weighted by molar-refractivity contribution is 8.00. The lowest BCUT2D eigenvalue weighted by molar-refractivity contribution is -0.117. The smallest absolute Gasteiger partial charge is 0.415 e. The van der Waals surface area contributed by atoms with Crippen molar-refractivity contribution in [3.05, 3.63) is 35.6 Å². The van der Waals surface area contributed by atoms with Crippen molar-refractivity contribution < 1.29 is 23.5 Å². The Morgan fingerprint density at radius 3 is 2.92 bits per heavy atom. The van der Waals surface area contributed by atoms with Crippen LogP contribution in [0.25, 0.3) is 0 Å². The van der Waals surface area contributed by atoms with Crippen molar-refractivity contribution in [3.63, 3.8) is 0 Å². The van der Waals surface area contributed by atoms with Gasteiger partial charge in [0.1, 0.15) is 23.6 Å². The largest absolute Gasteiger partial charge is 0.444 e. The molecule has 3 amide bonds. The van der Waals surface area contributed by atoms with E-state index in [-0.39, 0.29) is 36.3 Å². The zero-order chi connectivity index (χ0) is 25.0. The molecule has 0 radical (unpaired) electrons.